The third-order valence-electron chi connectivity index (χ3n) is 4.93. The summed E-state index contributed by atoms with van der Waals surface area (Å²) in [5.74, 6) is -0.284. The van der Waals surface area contributed by atoms with E-state index in [0.717, 1.165) is 16.7 Å². The zero-order valence-electron chi connectivity index (χ0n) is 17.5. The van der Waals surface area contributed by atoms with Gasteiger partial charge in [0.05, 0.1) is 11.4 Å². The number of carbonyl (C=O) groups excluding carboxylic acids is 1. The van der Waals surface area contributed by atoms with E-state index in [0.29, 0.717) is 11.6 Å². The fraction of sp³-hybridized carbons (Fsp3) is 0.208. The quantitative estimate of drug-likeness (QED) is 0.501. The number of aryl methyl sites for hydroxylation is 1. The van der Waals surface area contributed by atoms with E-state index < -0.39 is 10.0 Å². The molecule has 0 saturated heterocycles. The largest absolute Gasteiger partial charge is 0.340 e. The van der Waals surface area contributed by atoms with E-state index in [1.807, 2.05) is 61.5 Å². The maximum atomic E-state index is 13.3. The van der Waals surface area contributed by atoms with Gasteiger partial charge in [0.25, 0.3) is 0 Å². The predicted octanol–water partition coefficient (Wildman–Crippen LogP) is 4.50. The number of hydrogen-bond donors (Lipinski definition) is 0. The predicted molar refractivity (Wildman–Crippen MR) is 123 cm³/mol. The SMILES string of the molecule is Cc1ccc(CN(CC(=O)N(C)Cc2ccccc2)S(=O)(=O)c2ccc(Cl)cc2)cc1. The standard InChI is InChI=1S/C24H25ClN2O3S/c1-19-8-10-21(11-9-19)17-27(31(29,30)23-14-12-22(25)13-15-23)18-24(28)26(2)16-20-6-4-3-5-7-20/h3-15H,16-18H2,1-2H3. The molecule has 3 aromatic rings. The number of rotatable bonds is 8. The minimum atomic E-state index is -3.90. The van der Waals surface area contributed by atoms with Crippen molar-refractivity contribution in [3.8, 4) is 0 Å². The molecular formula is C24H25ClN2O3S. The monoisotopic (exact) mass is 456 g/mol. The molecule has 0 aliphatic heterocycles. The lowest BCUT2D eigenvalue weighted by molar-refractivity contribution is -0.130. The number of sulfonamides is 1. The lowest BCUT2D eigenvalue weighted by Crippen LogP contribution is -2.40. The molecular weight excluding hydrogens is 432 g/mol. The van der Waals surface area contributed by atoms with Crippen LogP contribution in [0.3, 0.4) is 0 Å². The zero-order chi connectivity index (χ0) is 22.4. The highest BCUT2D eigenvalue weighted by molar-refractivity contribution is 7.89. The Morgan fingerprint density at radius 3 is 2.03 bits per heavy atom. The second-order valence-corrected chi connectivity index (χ2v) is 9.82. The Balaban J connectivity index is 1.85. The molecule has 0 spiro atoms. The summed E-state index contributed by atoms with van der Waals surface area (Å²) < 4.78 is 27.9. The average Bonchev–Trinajstić information content (AvgIpc) is 2.75. The smallest absolute Gasteiger partial charge is 0.243 e. The number of nitrogens with zero attached hydrogens (tertiary/aromatic N) is 2. The molecule has 0 aromatic heterocycles. The Bertz CT molecular complexity index is 1120. The molecule has 0 heterocycles. The van der Waals surface area contributed by atoms with Crippen LogP contribution in [-0.2, 0) is 27.9 Å². The number of hydrogen-bond acceptors (Lipinski definition) is 3. The minimum absolute atomic E-state index is 0.0934. The fourth-order valence-electron chi connectivity index (χ4n) is 3.10. The molecule has 0 unspecified atom stereocenters. The molecule has 5 nitrogen and oxygen atoms in total. The summed E-state index contributed by atoms with van der Waals surface area (Å²) in [5.41, 5.74) is 2.86. The molecule has 3 aromatic carbocycles. The molecule has 0 radical (unpaired) electrons. The van der Waals surface area contributed by atoms with E-state index in [2.05, 4.69) is 0 Å². The van der Waals surface area contributed by atoms with Crippen molar-refractivity contribution in [3.63, 3.8) is 0 Å². The van der Waals surface area contributed by atoms with Crippen molar-refractivity contribution in [1.29, 1.82) is 0 Å². The number of likely N-dealkylation sites (N-methyl/N-ethyl adjacent to an activating group) is 1. The second-order valence-electron chi connectivity index (χ2n) is 7.45. The van der Waals surface area contributed by atoms with Gasteiger partial charge >= 0.3 is 0 Å². The van der Waals surface area contributed by atoms with Gasteiger partial charge in [-0.1, -0.05) is 71.8 Å². The third-order valence-corrected chi connectivity index (χ3v) is 6.99. The van der Waals surface area contributed by atoms with E-state index in [1.165, 1.54) is 33.5 Å². The molecule has 1 amide bonds. The number of halogens is 1. The highest BCUT2D eigenvalue weighted by Gasteiger charge is 2.28. The molecule has 0 fully saturated rings. The molecule has 0 aliphatic carbocycles. The Morgan fingerprint density at radius 1 is 0.839 bits per heavy atom. The van der Waals surface area contributed by atoms with Gasteiger partial charge in [0.2, 0.25) is 15.9 Å². The molecule has 3 rings (SSSR count). The number of benzene rings is 3. The van der Waals surface area contributed by atoms with Crippen LogP contribution in [0.15, 0.2) is 83.8 Å². The van der Waals surface area contributed by atoms with Gasteiger partial charge in [-0.2, -0.15) is 4.31 Å². The summed E-state index contributed by atoms with van der Waals surface area (Å²) in [6.07, 6.45) is 0. The summed E-state index contributed by atoms with van der Waals surface area (Å²) in [7, 11) is -2.23. The van der Waals surface area contributed by atoms with Gasteiger partial charge in [-0.15, -0.1) is 0 Å². The number of amides is 1. The van der Waals surface area contributed by atoms with Crippen LogP contribution >= 0.6 is 11.6 Å². The summed E-state index contributed by atoms with van der Waals surface area (Å²) in [6, 6.07) is 23.1. The van der Waals surface area contributed by atoms with Crippen LogP contribution in [0.4, 0.5) is 0 Å². The van der Waals surface area contributed by atoms with Crippen LogP contribution in [0.2, 0.25) is 5.02 Å². The van der Waals surface area contributed by atoms with E-state index in [-0.39, 0.29) is 23.9 Å². The highest BCUT2D eigenvalue weighted by Crippen LogP contribution is 2.21. The van der Waals surface area contributed by atoms with E-state index >= 15 is 0 Å². The van der Waals surface area contributed by atoms with Crippen molar-refractivity contribution < 1.29 is 13.2 Å². The maximum Gasteiger partial charge on any atom is 0.243 e. The summed E-state index contributed by atoms with van der Waals surface area (Å²) >= 11 is 5.92. The first-order valence-electron chi connectivity index (χ1n) is 9.85. The molecule has 0 N–H and O–H groups in total. The molecule has 31 heavy (non-hydrogen) atoms. The first-order valence-corrected chi connectivity index (χ1v) is 11.7. The molecule has 162 valence electrons. The first-order chi connectivity index (χ1) is 14.8. The Kier molecular flexibility index (Phi) is 7.49. The first kappa shape index (κ1) is 23.0. The van der Waals surface area contributed by atoms with E-state index in [9.17, 15) is 13.2 Å². The van der Waals surface area contributed by atoms with Gasteiger partial charge in [0.15, 0.2) is 0 Å². The Hall–Kier alpha value is -2.67. The van der Waals surface area contributed by atoms with Crippen LogP contribution in [0.1, 0.15) is 16.7 Å². The van der Waals surface area contributed by atoms with E-state index in [1.54, 1.807) is 7.05 Å². The molecule has 0 saturated carbocycles. The van der Waals surface area contributed by atoms with Crippen molar-refractivity contribution in [2.75, 3.05) is 13.6 Å². The average molecular weight is 457 g/mol. The van der Waals surface area contributed by atoms with Crippen LogP contribution < -0.4 is 0 Å². The minimum Gasteiger partial charge on any atom is -0.340 e. The Morgan fingerprint density at radius 2 is 1.42 bits per heavy atom. The van der Waals surface area contributed by atoms with Crippen molar-refractivity contribution in [1.82, 2.24) is 9.21 Å². The summed E-state index contributed by atoms with van der Waals surface area (Å²) in [4.78, 5) is 14.6. The fourth-order valence-corrected chi connectivity index (χ4v) is 4.60. The van der Waals surface area contributed by atoms with Gasteiger partial charge in [0.1, 0.15) is 0 Å². The van der Waals surface area contributed by atoms with Gasteiger partial charge in [-0.3, -0.25) is 4.79 Å². The van der Waals surface area contributed by atoms with Crippen LogP contribution in [0.5, 0.6) is 0 Å². The van der Waals surface area contributed by atoms with Crippen LogP contribution in [0, 0.1) is 6.92 Å². The summed E-state index contributed by atoms with van der Waals surface area (Å²) in [6.45, 7) is 2.20. The maximum absolute atomic E-state index is 13.3. The number of carbonyl (C=O) groups is 1. The van der Waals surface area contributed by atoms with Crippen molar-refractivity contribution >= 4 is 27.5 Å². The van der Waals surface area contributed by atoms with Gasteiger partial charge in [-0.05, 0) is 42.3 Å². The van der Waals surface area contributed by atoms with Crippen molar-refractivity contribution in [3.05, 3.63) is 101 Å². The van der Waals surface area contributed by atoms with Crippen LogP contribution in [-0.4, -0.2) is 37.1 Å². The normalized spacial score (nSPS) is 11.5. The van der Waals surface area contributed by atoms with Crippen molar-refractivity contribution in [2.24, 2.45) is 0 Å². The highest BCUT2D eigenvalue weighted by atomic mass is 35.5. The molecule has 0 atom stereocenters. The van der Waals surface area contributed by atoms with Gasteiger partial charge < -0.3 is 4.90 Å². The lowest BCUT2D eigenvalue weighted by Gasteiger charge is -2.25. The molecule has 7 heteroatoms. The molecule has 0 bridgehead atoms. The van der Waals surface area contributed by atoms with E-state index in [4.69, 9.17) is 11.6 Å². The summed E-state index contributed by atoms with van der Waals surface area (Å²) in [5, 5.41) is 0.447. The zero-order valence-corrected chi connectivity index (χ0v) is 19.1. The van der Waals surface area contributed by atoms with Gasteiger partial charge in [0, 0.05) is 25.2 Å². The molecule has 0 aliphatic rings. The second kappa shape index (κ2) is 10.1. The Labute approximate surface area is 188 Å². The topological polar surface area (TPSA) is 57.7 Å². The third kappa shape index (κ3) is 6.17. The lowest BCUT2D eigenvalue weighted by atomic mass is 10.1. The van der Waals surface area contributed by atoms with Gasteiger partial charge in [-0.25, -0.2) is 8.42 Å². The van der Waals surface area contributed by atoms with Crippen LogP contribution in [0.25, 0.3) is 0 Å². The van der Waals surface area contributed by atoms with Crippen molar-refractivity contribution in [2.45, 2.75) is 24.9 Å².